The van der Waals surface area contributed by atoms with E-state index in [1.807, 2.05) is 14.1 Å². The molecular formula is C53H95NO6. The molecule has 0 aromatic heterocycles. The number of ether oxygens (including phenoxy) is 3. The van der Waals surface area contributed by atoms with Crippen LogP contribution in [0.25, 0.3) is 0 Å². The molecule has 0 N–H and O–H groups in total. The van der Waals surface area contributed by atoms with E-state index in [9.17, 15) is 14.4 Å². The summed E-state index contributed by atoms with van der Waals surface area (Å²) in [6, 6.07) is 0. The second kappa shape index (κ2) is 37.4. The van der Waals surface area contributed by atoms with Crippen molar-refractivity contribution < 1.29 is 28.6 Å². The molecule has 0 radical (unpaired) electrons. The van der Waals surface area contributed by atoms with Crippen molar-refractivity contribution in [3.8, 4) is 0 Å². The third-order valence-electron chi connectivity index (χ3n) is 13.3. The molecule has 0 aliphatic heterocycles. The first-order valence-corrected chi connectivity index (χ1v) is 25.8. The maximum Gasteiger partial charge on any atom is 0.306 e. The van der Waals surface area contributed by atoms with E-state index in [1.54, 1.807) is 0 Å². The summed E-state index contributed by atoms with van der Waals surface area (Å²) in [7, 11) is 4.08. The van der Waals surface area contributed by atoms with Crippen molar-refractivity contribution in [1.29, 1.82) is 0 Å². The van der Waals surface area contributed by atoms with E-state index in [4.69, 9.17) is 14.2 Å². The molecule has 7 heteroatoms. The number of carbonyl (C=O) groups is 3. The van der Waals surface area contributed by atoms with Gasteiger partial charge in [-0.1, -0.05) is 147 Å². The largest absolute Gasteiger partial charge is 0.462 e. The zero-order valence-corrected chi connectivity index (χ0v) is 39.8. The normalized spacial score (nSPS) is 20.4. The van der Waals surface area contributed by atoms with Crippen LogP contribution in [0.2, 0.25) is 0 Å². The smallest absolute Gasteiger partial charge is 0.306 e. The Morgan fingerprint density at radius 3 is 1.48 bits per heavy atom. The van der Waals surface area contributed by atoms with E-state index in [1.165, 1.54) is 116 Å². The van der Waals surface area contributed by atoms with Crippen LogP contribution in [0.15, 0.2) is 24.3 Å². The van der Waals surface area contributed by atoms with Crippen LogP contribution < -0.4 is 0 Å². The van der Waals surface area contributed by atoms with Gasteiger partial charge in [-0.2, -0.15) is 0 Å². The third kappa shape index (κ3) is 30.8. The fourth-order valence-corrected chi connectivity index (χ4v) is 9.48. The minimum Gasteiger partial charge on any atom is -0.462 e. The van der Waals surface area contributed by atoms with Gasteiger partial charge in [0.2, 0.25) is 0 Å². The van der Waals surface area contributed by atoms with Crippen LogP contribution in [0.5, 0.6) is 0 Å². The highest BCUT2D eigenvalue weighted by molar-refractivity contribution is 5.70. The number of nitrogens with zero attached hydrogens (tertiary/aromatic N) is 1. The lowest BCUT2D eigenvalue weighted by Gasteiger charge is -2.26. The van der Waals surface area contributed by atoms with Crippen LogP contribution in [0.3, 0.4) is 0 Å². The van der Waals surface area contributed by atoms with Crippen LogP contribution in [0, 0.1) is 23.7 Å². The van der Waals surface area contributed by atoms with E-state index in [0.29, 0.717) is 44.3 Å². The Morgan fingerprint density at radius 1 is 0.517 bits per heavy atom. The molecule has 2 saturated carbocycles. The van der Waals surface area contributed by atoms with Gasteiger partial charge in [-0.3, -0.25) is 14.4 Å². The van der Waals surface area contributed by atoms with Crippen molar-refractivity contribution in [2.45, 2.75) is 238 Å². The maximum atomic E-state index is 12.6. The van der Waals surface area contributed by atoms with Gasteiger partial charge in [0.15, 0.2) is 0 Å². The van der Waals surface area contributed by atoms with Gasteiger partial charge in [0.05, 0.1) is 0 Å². The highest BCUT2D eigenvalue weighted by atomic mass is 16.5. The van der Waals surface area contributed by atoms with Crippen molar-refractivity contribution in [1.82, 2.24) is 4.90 Å². The summed E-state index contributed by atoms with van der Waals surface area (Å²) in [5.41, 5.74) is 0. The molecule has 2 rings (SSSR count). The van der Waals surface area contributed by atoms with E-state index < -0.39 is 0 Å². The first kappa shape index (κ1) is 54.0. The summed E-state index contributed by atoms with van der Waals surface area (Å²) in [5.74, 6) is 2.97. The highest BCUT2D eigenvalue weighted by Crippen LogP contribution is 2.33. The standard InChI is InChI=1S/C53H95NO6/c1-5-7-27-47-28-22-29-48(40-39-47)30-24-44-58-51(55)34-20-16-12-8-10-14-18-32-50(60-53(57)36-23-43-54(3)4)33-19-15-11-9-13-17-21-35-52(56)59-45-25-31-49-41-37-46(26-6-2)38-42-49/h24-25,30-31,46-50H,5-23,26-29,32-45H2,1-4H3/b30-24-,31-25-. The Morgan fingerprint density at radius 2 is 0.983 bits per heavy atom. The predicted octanol–water partition coefficient (Wildman–Crippen LogP) is 14.5. The Kier molecular flexibility index (Phi) is 33.7. The van der Waals surface area contributed by atoms with E-state index in [2.05, 4.69) is 43.1 Å². The minimum absolute atomic E-state index is 0.0227. The number of unbranched alkanes of at least 4 members (excludes halogenated alkanes) is 13. The minimum atomic E-state index is -0.0681. The molecule has 348 valence electrons. The SMILES string of the molecule is CCCCC1CCCC(/C=C\COC(=O)CCCCCCCCCC(CCCCCCCCCC(=O)OC/C=C\C2CCC(CCC)CC2)OC(=O)CCCN(C)C)CC1. The van der Waals surface area contributed by atoms with Gasteiger partial charge < -0.3 is 19.1 Å². The van der Waals surface area contributed by atoms with Gasteiger partial charge >= 0.3 is 17.9 Å². The molecule has 2 aliphatic rings. The molecule has 0 bridgehead atoms. The summed E-state index contributed by atoms with van der Waals surface area (Å²) in [6.45, 7) is 6.30. The number of allylic oxidation sites excluding steroid dienone is 2. The van der Waals surface area contributed by atoms with Crippen LogP contribution in [-0.4, -0.2) is 62.8 Å². The van der Waals surface area contributed by atoms with Crippen molar-refractivity contribution >= 4 is 17.9 Å². The van der Waals surface area contributed by atoms with Crippen LogP contribution in [0.1, 0.15) is 232 Å². The number of hydrogen-bond donors (Lipinski definition) is 0. The Hall–Kier alpha value is -2.15. The molecule has 0 amide bonds. The number of esters is 3. The first-order valence-electron chi connectivity index (χ1n) is 25.8. The average molecular weight is 842 g/mol. The van der Waals surface area contributed by atoms with Gasteiger partial charge in [-0.15, -0.1) is 0 Å². The van der Waals surface area contributed by atoms with Gasteiger partial charge in [0.25, 0.3) is 0 Å². The molecule has 0 spiro atoms. The maximum absolute atomic E-state index is 12.6. The summed E-state index contributed by atoms with van der Waals surface area (Å²) in [4.78, 5) is 39.2. The molecule has 3 atom stereocenters. The number of rotatable bonds is 36. The van der Waals surface area contributed by atoms with E-state index in [-0.39, 0.29) is 24.0 Å². The van der Waals surface area contributed by atoms with E-state index >= 15 is 0 Å². The zero-order valence-electron chi connectivity index (χ0n) is 39.8. The lowest BCUT2D eigenvalue weighted by atomic mass is 9.80. The van der Waals surface area contributed by atoms with Crippen molar-refractivity contribution in [2.24, 2.45) is 23.7 Å². The molecule has 0 aromatic carbocycles. The van der Waals surface area contributed by atoms with Gasteiger partial charge in [-0.25, -0.2) is 0 Å². The van der Waals surface area contributed by atoms with Crippen LogP contribution >= 0.6 is 0 Å². The fraction of sp³-hybridized carbons (Fsp3) is 0.868. The number of carbonyl (C=O) groups excluding carboxylic acids is 3. The van der Waals surface area contributed by atoms with Crippen LogP contribution in [-0.2, 0) is 28.6 Å². The summed E-state index contributed by atoms with van der Waals surface area (Å²) >= 11 is 0. The summed E-state index contributed by atoms with van der Waals surface area (Å²) in [6.07, 6.45) is 47.2. The second-order valence-corrected chi connectivity index (χ2v) is 19.1. The topological polar surface area (TPSA) is 82.1 Å². The Labute approximate surface area is 370 Å². The molecule has 0 aromatic rings. The molecule has 0 saturated heterocycles. The van der Waals surface area contributed by atoms with Gasteiger partial charge in [-0.05, 0) is 134 Å². The van der Waals surface area contributed by atoms with E-state index in [0.717, 1.165) is 102 Å². The molecule has 2 fully saturated rings. The number of hydrogen-bond acceptors (Lipinski definition) is 7. The first-order chi connectivity index (χ1) is 29.3. The summed E-state index contributed by atoms with van der Waals surface area (Å²) < 4.78 is 17.0. The molecular weight excluding hydrogens is 747 g/mol. The third-order valence-corrected chi connectivity index (χ3v) is 13.3. The zero-order chi connectivity index (χ0) is 43.3. The lowest BCUT2D eigenvalue weighted by molar-refractivity contribution is -0.150. The predicted molar refractivity (Wildman–Crippen MR) is 251 cm³/mol. The van der Waals surface area contributed by atoms with Crippen molar-refractivity contribution in [3.63, 3.8) is 0 Å². The fourth-order valence-electron chi connectivity index (χ4n) is 9.48. The molecule has 2 aliphatic carbocycles. The average Bonchev–Trinajstić information content (AvgIpc) is 3.47. The molecule has 3 unspecified atom stereocenters. The van der Waals surface area contributed by atoms with Crippen molar-refractivity contribution in [3.05, 3.63) is 24.3 Å². The highest BCUT2D eigenvalue weighted by Gasteiger charge is 2.19. The van der Waals surface area contributed by atoms with Crippen molar-refractivity contribution in [2.75, 3.05) is 33.9 Å². The summed E-state index contributed by atoms with van der Waals surface area (Å²) in [5, 5.41) is 0. The molecule has 7 nitrogen and oxygen atoms in total. The van der Waals surface area contributed by atoms with Gasteiger partial charge in [0, 0.05) is 19.3 Å². The monoisotopic (exact) mass is 842 g/mol. The Balaban J connectivity index is 1.48. The molecule has 60 heavy (non-hydrogen) atoms. The molecule has 0 heterocycles. The van der Waals surface area contributed by atoms with Gasteiger partial charge in [0.1, 0.15) is 19.3 Å². The Bertz CT molecular complexity index is 1110. The quantitative estimate of drug-likeness (QED) is 0.0204. The lowest BCUT2D eigenvalue weighted by Crippen LogP contribution is -2.20. The second-order valence-electron chi connectivity index (χ2n) is 19.1. The van der Waals surface area contributed by atoms with Crippen LogP contribution in [0.4, 0.5) is 0 Å².